The van der Waals surface area contributed by atoms with Crippen molar-refractivity contribution in [2.45, 2.75) is 187 Å². The minimum Gasteiger partial charge on any atom is -0.550 e. The summed E-state index contributed by atoms with van der Waals surface area (Å²) < 4.78 is 0. The van der Waals surface area contributed by atoms with Gasteiger partial charge in [-0.05, 0) is 44.9 Å². The van der Waals surface area contributed by atoms with Crippen molar-refractivity contribution in [3.8, 4) is 0 Å². The zero-order chi connectivity index (χ0) is 36.7. The standard InChI is InChI=1S/C18H33O.C15H29NO3.C5H9NO4.3Na/c1-2-3-4-5-6-7-8-9-10-11-12-13-14-15-16-17-18-19;1-3-4-5-6-7-8-9-10-11-12-14(17)16(2)13-15(18)19;6-3(5(9)10)1-2-4(7)8;;;/h9-10H,2-8,11-17H2,1H3;3-13H2,1-2H3,(H,18,19);3H,1-2,6H2,(H,7,8)(H,9,10);;;/q-1;;;3*+1/p-2/b10-9-;;;;;. The molecule has 1 unspecified atom stereocenters. The largest absolute Gasteiger partial charge is 1.00 e. The molecule has 0 bridgehead atoms. The number of hydrogen-bond donors (Lipinski definition) is 2. The molecule has 0 aliphatic heterocycles. The smallest absolute Gasteiger partial charge is 0.550 e. The summed E-state index contributed by atoms with van der Waals surface area (Å²) in [5, 5.41) is 28.2. The van der Waals surface area contributed by atoms with Gasteiger partial charge in [-0.25, -0.2) is 0 Å². The van der Waals surface area contributed by atoms with Crippen molar-refractivity contribution < 1.29 is 128 Å². The molecule has 282 valence electrons. The number of aliphatic carboxylic acids is 3. The van der Waals surface area contributed by atoms with Gasteiger partial charge < -0.3 is 40.3 Å². The predicted octanol–water partition coefficient (Wildman–Crippen LogP) is -2.81. The van der Waals surface area contributed by atoms with Gasteiger partial charge in [0.1, 0.15) is 6.54 Å². The molecule has 0 aromatic rings. The number of likely N-dealkylation sites (N-methyl/N-ethyl adjacent to an activating group) is 1. The molecule has 13 heteroatoms. The van der Waals surface area contributed by atoms with Gasteiger partial charge in [-0.15, -0.1) is 0 Å². The van der Waals surface area contributed by atoms with Crippen LogP contribution in [0.25, 0.3) is 0 Å². The number of nitrogens with zero attached hydrogens (tertiary/aromatic N) is 1. The molecule has 51 heavy (non-hydrogen) atoms. The van der Waals surface area contributed by atoms with Gasteiger partial charge in [-0.1, -0.05) is 135 Å². The molecule has 0 heterocycles. The Morgan fingerprint density at radius 2 is 1.06 bits per heavy atom. The number of rotatable bonds is 31. The van der Waals surface area contributed by atoms with E-state index in [1.54, 1.807) is 7.05 Å². The van der Waals surface area contributed by atoms with Crippen LogP contribution in [0.5, 0.6) is 0 Å². The minimum absolute atomic E-state index is 0. The van der Waals surface area contributed by atoms with Crippen LogP contribution in [0.2, 0.25) is 0 Å². The number of carbonyl (C=O) groups excluding carboxylic acids is 4. The quantitative estimate of drug-likeness (QED) is 0.0328. The second-order valence-electron chi connectivity index (χ2n) is 12.5. The molecule has 1 atom stereocenters. The Kier molecular flexibility index (Phi) is 64.9. The maximum absolute atomic E-state index is 11.5. The van der Waals surface area contributed by atoms with Crippen LogP contribution in [0, 0.1) is 0 Å². The number of allylic oxidation sites excluding steroid dienone is 2. The molecule has 0 spiro atoms. The fraction of sp³-hybridized carbons (Fsp3) is 0.816. The number of hydrogen-bond acceptors (Lipinski definition) is 8. The SMILES string of the molecule is CCCCCCCC/C=C\CCCCCCC[C-]=O.CCCCCCCCCCCC(=O)N(C)CC(=O)O.NC(CCC(=O)[O-])C(=O)[O-].[Na+].[Na+].[Na+]. The van der Waals surface area contributed by atoms with Crippen molar-refractivity contribution >= 4 is 30.1 Å². The summed E-state index contributed by atoms with van der Waals surface area (Å²) in [6.07, 6.45) is 35.2. The first-order valence-corrected chi connectivity index (χ1v) is 18.6. The number of unbranched alkanes of at least 4 members (excludes halogenated alkanes) is 20. The van der Waals surface area contributed by atoms with E-state index in [-0.39, 0.29) is 114 Å². The van der Waals surface area contributed by atoms with Crippen molar-refractivity contribution in [1.82, 2.24) is 4.90 Å². The molecule has 3 N–H and O–H groups in total. The zero-order valence-electron chi connectivity index (χ0n) is 33.7. The van der Waals surface area contributed by atoms with Crippen molar-refractivity contribution in [3.05, 3.63) is 12.2 Å². The zero-order valence-corrected chi connectivity index (χ0v) is 39.7. The summed E-state index contributed by atoms with van der Waals surface area (Å²) in [4.78, 5) is 52.9. The normalized spacial score (nSPS) is 10.5. The molecule has 10 nitrogen and oxygen atoms in total. The van der Waals surface area contributed by atoms with E-state index in [1.165, 1.54) is 127 Å². The summed E-state index contributed by atoms with van der Waals surface area (Å²) in [6.45, 7) is 4.29. The van der Waals surface area contributed by atoms with Crippen LogP contribution in [0.15, 0.2) is 12.2 Å². The monoisotopic (exact) mass is 750 g/mol. The topological polar surface area (TPSA) is 181 Å². The van der Waals surface area contributed by atoms with Crippen LogP contribution >= 0.6 is 0 Å². The number of carboxylic acids is 3. The summed E-state index contributed by atoms with van der Waals surface area (Å²) in [5.74, 6) is -3.77. The van der Waals surface area contributed by atoms with Gasteiger partial charge in [-0.2, -0.15) is 6.42 Å². The summed E-state index contributed by atoms with van der Waals surface area (Å²) in [7, 11) is 1.55. The molecule has 0 fully saturated rings. The predicted molar refractivity (Wildman–Crippen MR) is 189 cm³/mol. The van der Waals surface area contributed by atoms with Crippen molar-refractivity contribution in [2.24, 2.45) is 5.73 Å². The van der Waals surface area contributed by atoms with Crippen LogP contribution in [-0.2, 0) is 24.0 Å². The molecule has 0 rings (SSSR count). The van der Waals surface area contributed by atoms with E-state index in [2.05, 4.69) is 26.0 Å². The van der Waals surface area contributed by atoms with Crippen LogP contribution in [-0.4, -0.2) is 59.7 Å². The van der Waals surface area contributed by atoms with Gasteiger partial charge in [0.2, 0.25) is 5.91 Å². The third kappa shape index (κ3) is 59.7. The average molecular weight is 751 g/mol. The molecular formula is C38H69N2Na3O8. The first kappa shape index (κ1) is 63.2. The van der Waals surface area contributed by atoms with E-state index < -0.39 is 23.9 Å². The van der Waals surface area contributed by atoms with E-state index in [0.717, 1.165) is 19.3 Å². The molecule has 0 radical (unpaired) electrons. The molecular weight excluding hydrogens is 681 g/mol. The minimum atomic E-state index is -1.44. The second-order valence-corrected chi connectivity index (χ2v) is 12.5. The Balaban J connectivity index is -0.000000151. The number of carboxylic acid groups (broad SMARTS) is 3. The third-order valence-electron chi connectivity index (χ3n) is 7.80. The second kappa shape index (κ2) is 52.4. The van der Waals surface area contributed by atoms with E-state index in [4.69, 9.17) is 10.8 Å². The average Bonchev–Trinajstić information content (AvgIpc) is 3.04. The summed E-state index contributed by atoms with van der Waals surface area (Å²) in [6, 6.07) is -1.21. The molecule has 1 amide bonds. The van der Waals surface area contributed by atoms with Gasteiger partial charge >= 0.3 is 94.6 Å². The fourth-order valence-electron chi connectivity index (χ4n) is 4.73. The fourth-order valence-corrected chi connectivity index (χ4v) is 4.73. The van der Waals surface area contributed by atoms with E-state index in [9.17, 15) is 34.2 Å². The molecule has 0 saturated heterocycles. The van der Waals surface area contributed by atoms with E-state index in [0.29, 0.717) is 12.8 Å². The molecule has 0 aromatic carbocycles. The maximum Gasteiger partial charge on any atom is 1.00 e. The molecule has 0 aliphatic rings. The van der Waals surface area contributed by atoms with Crippen molar-refractivity contribution in [2.75, 3.05) is 13.6 Å². The number of nitrogens with two attached hydrogens (primary N) is 1. The Hall–Kier alpha value is 0.250. The summed E-state index contributed by atoms with van der Waals surface area (Å²) in [5.41, 5.74) is 4.91. The van der Waals surface area contributed by atoms with Crippen LogP contribution in [0.4, 0.5) is 0 Å². The van der Waals surface area contributed by atoms with Gasteiger partial charge in [0.25, 0.3) is 0 Å². The molecule has 0 aliphatic carbocycles. The number of carbonyl (C=O) groups is 4. The van der Waals surface area contributed by atoms with E-state index in [1.807, 2.05) is 6.29 Å². The van der Waals surface area contributed by atoms with Gasteiger partial charge in [-0.3, -0.25) is 15.9 Å². The first-order chi connectivity index (χ1) is 23.0. The Morgan fingerprint density at radius 1 is 0.667 bits per heavy atom. The van der Waals surface area contributed by atoms with Gasteiger partial charge in [0.05, 0.1) is 5.97 Å². The Morgan fingerprint density at radius 3 is 1.43 bits per heavy atom. The van der Waals surface area contributed by atoms with Crippen molar-refractivity contribution in [1.29, 1.82) is 0 Å². The van der Waals surface area contributed by atoms with E-state index >= 15 is 0 Å². The van der Waals surface area contributed by atoms with Crippen LogP contribution in [0.3, 0.4) is 0 Å². The summed E-state index contributed by atoms with van der Waals surface area (Å²) >= 11 is 0. The Bertz CT molecular complexity index is 820. The molecule has 0 aromatic heterocycles. The number of amides is 1. The maximum atomic E-state index is 11.5. The van der Waals surface area contributed by atoms with Gasteiger partial charge in [0, 0.05) is 25.5 Å². The first-order valence-electron chi connectivity index (χ1n) is 18.6. The van der Waals surface area contributed by atoms with Crippen molar-refractivity contribution in [3.63, 3.8) is 0 Å². The van der Waals surface area contributed by atoms with Crippen LogP contribution in [0.1, 0.15) is 181 Å². The molecule has 0 saturated carbocycles. The van der Waals surface area contributed by atoms with Gasteiger partial charge in [0.15, 0.2) is 0 Å². The Labute approximate surface area is 377 Å². The van der Waals surface area contributed by atoms with Crippen LogP contribution < -0.4 is 105 Å². The third-order valence-corrected chi connectivity index (χ3v) is 7.80.